The van der Waals surface area contributed by atoms with Crippen molar-refractivity contribution in [1.29, 1.82) is 0 Å². The molecular formula is C9H14O. The molecule has 0 radical (unpaired) electrons. The van der Waals surface area contributed by atoms with E-state index in [1.807, 2.05) is 0 Å². The van der Waals surface area contributed by atoms with E-state index < -0.39 is 5.60 Å². The molecule has 1 atom stereocenters. The zero-order chi connectivity index (χ0) is 7.83. The summed E-state index contributed by atoms with van der Waals surface area (Å²) in [5, 5.41) is 9.60. The zero-order valence-electron chi connectivity index (χ0n) is 6.65. The summed E-state index contributed by atoms with van der Waals surface area (Å²) in [5.41, 5.74) is -0.565. The topological polar surface area (TPSA) is 20.2 Å². The lowest BCUT2D eigenvalue weighted by Gasteiger charge is -2.19. The molecule has 0 aromatic rings. The van der Waals surface area contributed by atoms with E-state index >= 15 is 0 Å². The van der Waals surface area contributed by atoms with Gasteiger partial charge in [0.25, 0.3) is 0 Å². The average Bonchev–Trinajstić information content (AvgIpc) is 2.08. The quantitative estimate of drug-likeness (QED) is 0.504. The fraction of sp³-hybridized carbons (Fsp3) is 0.778. The molecule has 0 bridgehead atoms. The van der Waals surface area contributed by atoms with E-state index in [2.05, 4.69) is 19.8 Å². The van der Waals surface area contributed by atoms with Gasteiger partial charge in [0.1, 0.15) is 5.60 Å². The van der Waals surface area contributed by atoms with Crippen molar-refractivity contribution in [1.82, 2.24) is 0 Å². The molecule has 1 rings (SSSR count). The van der Waals surface area contributed by atoms with Crippen molar-refractivity contribution in [3.8, 4) is 12.3 Å². The molecule has 1 nitrogen and oxygen atoms in total. The van der Waals surface area contributed by atoms with Crippen LogP contribution < -0.4 is 0 Å². The Hall–Kier alpha value is -0.480. The number of aliphatic hydroxyl groups is 1. The molecule has 0 aliphatic heterocycles. The molecular weight excluding hydrogens is 124 g/mol. The molecule has 0 aromatic heterocycles. The summed E-state index contributed by atoms with van der Waals surface area (Å²) < 4.78 is 0. The summed E-state index contributed by atoms with van der Waals surface area (Å²) in [6.07, 6.45) is 7.73. The summed E-state index contributed by atoms with van der Waals surface area (Å²) in [6.45, 7) is 4.28. The Bertz CT molecular complexity index is 176. The number of terminal acetylenes is 1. The summed E-state index contributed by atoms with van der Waals surface area (Å²) in [4.78, 5) is 0. The highest BCUT2D eigenvalue weighted by Gasteiger charge is 2.40. The van der Waals surface area contributed by atoms with Gasteiger partial charge in [0.05, 0.1) is 0 Å². The minimum absolute atomic E-state index is 0.237. The Morgan fingerprint density at radius 3 is 2.20 bits per heavy atom. The van der Waals surface area contributed by atoms with Crippen LogP contribution in [0.3, 0.4) is 0 Å². The smallest absolute Gasteiger partial charge is 0.125 e. The van der Waals surface area contributed by atoms with E-state index in [0.717, 1.165) is 19.3 Å². The van der Waals surface area contributed by atoms with Crippen molar-refractivity contribution < 1.29 is 5.11 Å². The van der Waals surface area contributed by atoms with Crippen LogP contribution in [0.1, 0.15) is 33.1 Å². The van der Waals surface area contributed by atoms with Gasteiger partial charge in [0, 0.05) is 0 Å². The standard InChI is InChI=1S/C9H14O/c1-4-9(10)6-5-8(2,3)7-9/h1,10H,5-7H2,2-3H3/t9-/m0/s1. The van der Waals surface area contributed by atoms with E-state index in [4.69, 9.17) is 6.42 Å². The molecule has 1 aliphatic rings. The molecule has 0 saturated heterocycles. The van der Waals surface area contributed by atoms with Crippen LogP contribution >= 0.6 is 0 Å². The Labute approximate surface area is 62.4 Å². The highest BCUT2D eigenvalue weighted by Crippen LogP contribution is 2.42. The second kappa shape index (κ2) is 2.00. The van der Waals surface area contributed by atoms with Gasteiger partial charge < -0.3 is 5.11 Å². The van der Waals surface area contributed by atoms with E-state index in [0.29, 0.717) is 0 Å². The molecule has 10 heavy (non-hydrogen) atoms. The van der Waals surface area contributed by atoms with Gasteiger partial charge in [-0.05, 0) is 24.7 Å². The maximum Gasteiger partial charge on any atom is 0.125 e. The highest BCUT2D eigenvalue weighted by atomic mass is 16.3. The number of hydrogen-bond donors (Lipinski definition) is 1. The van der Waals surface area contributed by atoms with Crippen LogP contribution in [0.5, 0.6) is 0 Å². The van der Waals surface area contributed by atoms with Crippen LogP contribution in [-0.2, 0) is 0 Å². The summed E-state index contributed by atoms with van der Waals surface area (Å²) in [5.74, 6) is 2.45. The first-order chi connectivity index (χ1) is 4.47. The van der Waals surface area contributed by atoms with Gasteiger partial charge in [0.2, 0.25) is 0 Å². The van der Waals surface area contributed by atoms with E-state index in [-0.39, 0.29) is 5.41 Å². The van der Waals surface area contributed by atoms with E-state index in [9.17, 15) is 5.11 Å². The van der Waals surface area contributed by atoms with E-state index in [1.165, 1.54) is 0 Å². The molecule has 0 amide bonds. The van der Waals surface area contributed by atoms with E-state index in [1.54, 1.807) is 0 Å². The van der Waals surface area contributed by atoms with Gasteiger partial charge in [-0.1, -0.05) is 19.8 Å². The molecule has 1 heteroatoms. The predicted octanol–water partition coefficient (Wildman–Crippen LogP) is 1.56. The van der Waals surface area contributed by atoms with Gasteiger partial charge in [-0.3, -0.25) is 0 Å². The van der Waals surface area contributed by atoms with Gasteiger partial charge in [-0.2, -0.15) is 0 Å². The average molecular weight is 138 g/mol. The monoisotopic (exact) mass is 138 g/mol. The summed E-state index contributed by atoms with van der Waals surface area (Å²) in [6, 6.07) is 0. The molecule has 1 saturated carbocycles. The largest absolute Gasteiger partial charge is 0.378 e. The molecule has 56 valence electrons. The van der Waals surface area contributed by atoms with Crippen LogP contribution in [0, 0.1) is 17.8 Å². The van der Waals surface area contributed by atoms with Gasteiger partial charge >= 0.3 is 0 Å². The lowest BCUT2D eigenvalue weighted by molar-refractivity contribution is 0.0974. The lowest BCUT2D eigenvalue weighted by Crippen LogP contribution is -2.23. The Morgan fingerprint density at radius 1 is 1.40 bits per heavy atom. The fourth-order valence-electron chi connectivity index (χ4n) is 1.64. The first-order valence-corrected chi connectivity index (χ1v) is 3.68. The van der Waals surface area contributed by atoms with Gasteiger partial charge in [-0.15, -0.1) is 6.42 Å². The number of rotatable bonds is 0. The van der Waals surface area contributed by atoms with Crippen LogP contribution in [0.2, 0.25) is 0 Å². The second-order valence-electron chi connectivity index (χ2n) is 4.02. The van der Waals surface area contributed by atoms with Gasteiger partial charge in [-0.25, -0.2) is 0 Å². The van der Waals surface area contributed by atoms with Crippen molar-refractivity contribution in [3.05, 3.63) is 0 Å². The molecule has 0 unspecified atom stereocenters. The third-order valence-corrected chi connectivity index (χ3v) is 2.26. The Balaban J connectivity index is 2.69. The Morgan fingerprint density at radius 2 is 2.00 bits per heavy atom. The van der Waals surface area contributed by atoms with Crippen molar-refractivity contribution in [2.24, 2.45) is 5.41 Å². The Kier molecular flexibility index (Phi) is 1.53. The number of hydrogen-bond acceptors (Lipinski definition) is 1. The first-order valence-electron chi connectivity index (χ1n) is 3.68. The maximum absolute atomic E-state index is 9.60. The maximum atomic E-state index is 9.60. The van der Waals surface area contributed by atoms with Crippen LogP contribution in [-0.4, -0.2) is 10.7 Å². The highest BCUT2D eigenvalue weighted by molar-refractivity contribution is 5.12. The molecule has 1 fully saturated rings. The zero-order valence-corrected chi connectivity index (χ0v) is 6.65. The fourth-order valence-corrected chi connectivity index (χ4v) is 1.64. The molecule has 0 spiro atoms. The molecule has 0 heterocycles. The lowest BCUT2D eigenvalue weighted by atomic mass is 9.89. The van der Waals surface area contributed by atoms with Crippen molar-refractivity contribution >= 4 is 0 Å². The molecule has 1 N–H and O–H groups in total. The van der Waals surface area contributed by atoms with Gasteiger partial charge in [0.15, 0.2) is 0 Å². The SMILES string of the molecule is C#C[C@]1(O)CCC(C)(C)C1. The minimum Gasteiger partial charge on any atom is -0.378 e. The second-order valence-corrected chi connectivity index (χ2v) is 4.02. The van der Waals surface area contributed by atoms with Crippen molar-refractivity contribution in [3.63, 3.8) is 0 Å². The molecule has 1 aliphatic carbocycles. The van der Waals surface area contributed by atoms with Crippen LogP contribution in [0.4, 0.5) is 0 Å². The summed E-state index contributed by atoms with van der Waals surface area (Å²) >= 11 is 0. The third-order valence-electron chi connectivity index (χ3n) is 2.26. The minimum atomic E-state index is -0.802. The van der Waals surface area contributed by atoms with Crippen LogP contribution in [0.25, 0.3) is 0 Å². The normalized spacial score (nSPS) is 37.4. The van der Waals surface area contributed by atoms with Crippen molar-refractivity contribution in [2.75, 3.05) is 0 Å². The third kappa shape index (κ3) is 1.33. The van der Waals surface area contributed by atoms with Crippen LogP contribution in [0.15, 0.2) is 0 Å². The van der Waals surface area contributed by atoms with Crippen molar-refractivity contribution in [2.45, 2.75) is 38.7 Å². The molecule has 0 aromatic carbocycles. The predicted molar refractivity (Wildman–Crippen MR) is 41.4 cm³/mol. The first kappa shape index (κ1) is 7.63. The summed E-state index contributed by atoms with van der Waals surface area (Å²) in [7, 11) is 0.